The molecule has 1 aliphatic heterocycles. The zero-order chi connectivity index (χ0) is 25.2. The van der Waals surface area contributed by atoms with Gasteiger partial charge >= 0.3 is 5.97 Å². The molecule has 0 saturated carbocycles. The molecule has 0 aliphatic carbocycles. The molecular weight excluding hydrogens is 493 g/mol. The Labute approximate surface area is 206 Å². The van der Waals surface area contributed by atoms with Crippen LogP contribution >= 0.6 is 11.3 Å². The van der Waals surface area contributed by atoms with E-state index in [0.717, 1.165) is 30.6 Å². The average Bonchev–Trinajstić information content (AvgIpc) is 3.15. The SMILES string of the molecule is CCOC(=O)Cn1c(=NC(=O)c2ccc(S(=O)(=O)N3CCCCC3C)cc2)sc2cc(F)ccc21. The van der Waals surface area contributed by atoms with E-state index in [1.165, 1.54) is 51.3 Å². The van der Waals surface area contributed by atoms with Crippen molar-refractivity contribution in [3.05, 3.63) is 58.6 Å². The molecular formula is C24H26FN3O5S2. The number of piperidine rings is 1. The first kappa shape index (κ1) is 25.2. The van der Waals surface area contributed by atoms with Gasteiger partial charge < -0.3 is 9.30 Å². The molecule has 2 aromatic carbocycles. The number of sulfonamides is 1. The first-order chi connectivity index (χ1) is 16.7. The number of thiazole rings is 1. The number of rotatable bonds is 6. The molecule has 1 aliphatic rings. The minimum absolute atomic E-state index is 0.0716. The number of aromatic nitrogens is 1. The Morgan fingerprint density at radius 2 is 1.91 bits per heavy atom. The van der Waals surface area contributed by atoms with E-state index < -0.39 is 27.7 Å². The van der Waals surface area contributed by atoms with Gasteiger partial charge in [0.05, 0.1) is 21.7 Å². The summed E-state index contributed by atoms with van der Waals surface area (Å²) < 4.78 is 48.4. The van der Waals surface area contributed by atoms with Gasteiger partial charge in [-0.1, -0.05) is 17.8 Å². The van der Waals surface area contributed by atoms with Crippen LogP contribution in [-0.4, -0.2) is 48.4 Å². The fourth-order valence-electron chi connectivity index (χ4n) is 4.11. The lowest BCUT2D eigenvalue weighted by Crippen LogP contribution is -2.41. The summed E-state index contributed by atoms with van der Waals surface area (Å²) in [5.41, 5.74) is 0.745. The molecule has 1 saturated heterocycles. The van der Waals surface area contributed by atoms with Crippen LogP contribution in [0.5, 0.6) is 0 Å². The molecule has 1 amide bonds. The lowest BCUT2D eigenvalue weighted by molar-refractivity contribution is -0.143. The van der Waals surface area contributed by atoms with E-state index in [1.54, 1.807) is 6.92 Å². The maximum atomic E-state index is 13.7. The van der Waals surface area contributed by atoms with E-state index in [4.69, 9.17) is 4.74 Å². The summed E-state index contributed by atoms with van der Waals surface area (Å²) in [5, 5.41) is 0. The lowest BCUT2D eigenvalue weighted by Gasteiger charge is -2.32. The smallest absolute Gasteiger partial charge is 0.326 e. The Hall–Kier alpha value is -2.89. The number of esters is 1. The number of ether oxygens (including phenoxy) is 1. The molecule has 1 aromatic heterocycles. The highest BCUT2D eigenvalue weighted by Crippen LogP contribution is 2.25. The zero-order valence-electron chi connectivity index (χ0n) is 19.4. The normalized spacial score (nSPS) is 17.6. The molecule has 35 heavy (non-hydrogen) atoms. The molecule has 1 fully saturated rings. The van der Waals surface area contributed by atoms with Crippen molar-refractivity contribution in [2.45, 2.75) is 50.6 Å². The predicted molar refractivity (Wildman–Crippen MR) is 130 cm³/mol. The molecule has 3 aromatic rings. The maximum Gasteiger partial charge on any atom is 0.326 e. The summed E-state index contributed by atoms with van der Waals surface area (Å²) in [7, 11) is -3.66. The van der Waals surface area contributed by atoms with Crippen LogP contribution in [0.3, 0.4) is 0 Å². The lowest BCUT2D eigenvalue weighted by atomic mass is 10.1. The van der Waals surface area contributed by atoms with E-state index in [2.05, 4.69) is 4.99 Å². The fraction of sp³-hybridized carbons (Fsp3) is 0.375. The third-order valence-corrected chi connectivity index (χ3v) is 8.95. The molecule has 0 radical (unpaired) electrons. The molecule has 4 rings (SSSR count). The molecule has 186 valence electrons. The second kappa shape index (κ2) is 10.4. The Morgan fingerprint density at radius 3 is 2.60 bits per heavy atom. The standard InChI is InChI=1S/C24H26FN3O5S2/c1-3-33-22(29)15-27-20-12-9-18(25)14-21(20)34-24(27)26-23(30)17-7-10-19(11-8-17)35(31,32)28-13-5-4-6-16(28)2/h7-12,14,16H,3-6,13,15H2,1-2H3. The summed E-state index contributed by atoms with van der Waals surface area (Å²) in [6, 6.07) is 9.70. The van der Waals surface area contributed by atoms with Crippen LogP contribution in [0.25, 0.3) is 10.2 Å². The number of hydrogen-bond acceptors (Lipinski definition) is 6. The van der Waals surface area contributed by atoms with Gasteiger partial charge in [0.1, 0.15) is 12.4 Å². The number of carbonyl (C=O) groups excluding carboxylic acids is 2. The highest BCUT2D eigenvalue weighted by Gasteiger charge is 2.31. The molecule has 11 heteroatoms. The van der Waals surface area contributed by atoms with E-state index >= 15 is 0 Å². The van der Waals surface area contributed by atoms with Crippen molar-refractivity contribution in [1.82, 2.24) is 8.87 Å². The van der Waals surface area contributed by atoms with Gasteiger partial charge in [-0.25, -0.2) is 12.8 Å². The van der Waals surface area contributed by atoms with Crippen LogP contribution in [0, 0.1) is 5.82 Å². The van der Waals surface area contributed by atoms with Gasteiger partial charge in [-0.2, -0.15) is 9.30 Å². The first-order valence-electron chi connectivity index (χ1n) is 11.4. The van der Waals surface area contributed by atoms with Crippen molar-refractivity contribution >= 4 is 43.5 Å². The van der Waals surface area contributed by atoms with E-state index in [0.29, 0.717) is 16.8 Å². The van der Waals surface area contributed by atoms with Crippen molar-refractivity contribution in [3.63, 3.8) is 0 Å². The summed E-state index contributed by atoms with van der Waals surface area (Å²) in [4.78, 5) is 29.5. The minimum Gasteiger partial charge on any atom is -0.465 e. The second-order valence-electron chi connectivity index (χ2n) is 8.29. The molecule has 1 unspecified atom stereocenters. The summed E-state index contributed by atoms with van der Waals surface area (Å²) in [6.45, 7) is 4.08. The van der Waals surface area contributed by atoms with Gasteiger partial charge in [-0.3, -0.25) is 9.59 Å². The molecule has 2 heterocycles. The Kier molecular flexibility index (Phi) is 7.48. The van der Waals surface area contributed by atoms with Crippen molar-refractivity contribution in [2.75, 3.05) is 13.2 Å². The molecule has 0 N–H and O–H groups in total. The third kappa shape index (κ3) is 5.36. The predicted octanol–water partition coefficient (Wildman–Crippen LogP) is 3.71. The third-order valence-electron chi connectivity index (χ3n) is 5.88. The van der Waals surface area contributed by atoms with E-state index in [9.17, 15) is 22.4 Å². The number of amides is 1. The largest absolute Gasteiger partial charge is 0.465 e. The van der Waals surface area contributed by atoms with Gasteiger partial charge in [0.25, 0.3) is 5.91 Å². The van der Waals surface area contributed by atoms with Crippen molar-refractivity contribution in [3.8, 4) is 0 Å². The van der Waals surface area contributed by atoms with Crippen LogP contribution in [0.4, 0.5) is 4.39 Å². The summed E-state index contributed by atoms with van der Waals surface area (Å²) >= 11 is 1.07. The zero-order valence-corrected chi connectivity index (χ0v) is 21.1. The Morgan fingerprint density at radius 1 is 1.17 bits per heavy atom. The number of halogens is 1. The van der Waals surface area contributed by atoms with Crippen LogP contribution in [0.1, 0.15) is 43.5 Å². The van der Waals surface area contributed by atoms with Gasteiger partial charge in [0.2, 0.25) is 10.0 Å². The van der Waals surface area contributed by atoms with Gasteiger partial charge in [0.15, 0.2) is 4.80 Å². The second-order valence-corrected chi connectivity index (χ2v) is 11.2. The van der Waals surface area contributed by atoms with Crippen LogP contribution in [0.15, 0.2) is 52.4 Å². The molecule has 1 atom stereocenters. The Bertz CT molecular complexity index is 1430. The monoisotopic (exact) mass is 519 g/mol. The summed E-state index contributed by atoms with van der Waals surface area (Å²) in [6.07, 6.45) is 2.64. The number of hydrogen-bond donors (Lipinski definition) is 0. The quantitative estimate of drug-likeness (QED) is 0.463. The number of fused-ring (bicyclic) bond motifs is 1. The van der Waals surface area contributed by atoms with Crippen LogP contribution < -0.4 is 4.80 Å². The van der Waals surface area contributed by atoms with Gasteiger partial charge in [0, 0.05) is 18.2 Å². The highest BCUT2D eigenvalue weighted by atomic mass is 32.2. The van der Waals surface area contributed by atoms with Crippen molar-refractivity contribution in [1.29, 1.82) is 0 Å². The first-order valence-corrected chi connectivity index (χ1v) is 13.6. The minimum atomic E-state index is -3.66. The summed E-state index contributed by atoms with van der Waals surface area (Å²) in [5.74, 6) is -1.56. The number of nitrogens with zero attached hydrogens (tertiary/aromatic N) is 3. The maximum absolute atomic E-state index is 13.7. The van der Waals surface area contributed by atoms with Crippen LogP contribution in [0.2, 0.25) is 0 Å². The highest BCUT2D eigenvalue weighted by molar-refractivity contribution is 7.89. The number of carbonyl (C=O) groups is 2. The average molecular weight is 520 g/mol. The molecule has 0 bridgehead atoms. The topological polar surface area (TPSA) is 98.0 Å². The number of benzene rings is 2. The van der Waals surface area contributed by atoms with Crippen molar-refractivity contribution < 1.29 is 27.1 Å². The fourth-order valence-corrected chi connectivity index (χ4v) is 6.86. The molecule has 8 nitrogen and oxygen atoms in total. The van der Waals surface area contributed by atoms with E-state index in [1.807, 2.05) is 6.92 Å². The van der Waals surface area contributed by atoms with Crippen molar-refractivity contribution in [2.24, 2.45) is 4.99 Å². The van der Waals surface area contributed by atoms with Crippen LogP contribution in [-0.2, 0) is 26.1 Å². The van der Waals surface area contributed by atoms with Gasteiger partial charge in [-0.15, -0.1) is 0 Å². The Balaban J connectivity index is 1.66. The van der Waals surface area contributed by atoms with E-state index in [-0.39, 0.29) is 34.5 Å². The van der Waals surface area contributed by atoms with Gasteiger partial charge in [-0.05, 0) is 69.2 Å². The molecule has 0 spiro atoms.